The molecule has 0 spiro atoms. The molecule has 4 heterocycles. The molecule has 2 aliphatic heterocycles. The number of carbonyl (C=O) groups excluding carboxylic acids is 3. The van der Waals surface area contributed by atoms with Crippen LogP contribution in [0.1, 0.15) is 16.1 Å². The van der Waals surface area contributed by atoms with Gasteiger partial charge in [-0.25, -0.2) is 23.8 Å². The van der Waals surface area contributed by atoms with Crippen LogP contribution in [0.4, 0.5) is 0 Å². The Labute approximate surface area is 215 Å². The first kappa shape index (κ1) is 24.9. The predicted molar refractivity (Wildman–Crippen MR) is 127 cm³/mol. The minimum Gasteiger partial charge on any atom is -0.479 e. The van der Waals surface area contributed by atoms with Crippen molar-refractivity contribution in [3.8, 4) is 0 Å². The molecule has 5 rings (SSSR count). The Balaban J connectivity index is 1.31. The molecular formula is C22H19N7O8S. The number of hydrogen-bond acceptors (Lipinski definition) is 10. The molecule has 2 aromatic heterocycles. The van der Waals surface area contributed by atoms with E-state index in [-0.39, 0.29) is 23.3 Å². The maximum atomic E-state index is 12.9. The molecule has 0 aliphatic carbocycles. The van der Waals surface area contributed by atoms with E-state index in [9.17, 15) is 33.3 Å². The van der Waals surface area contributed by atoms with Crippen LogP contribution < -0.4 is 11.0 Å². The number of nitrogens with zero attached hydrogens (tertiary/aromatic N) is 6. The highest BCUT2D eigenvalue weighted by Crippen LogP contribution is 2.34. The normalized spacial score (nSPS) is 22.3. The topological polar surface area (TPSA) is 195 Å². The van der Waals surface area contributed by atoms with E-state index in [1.807, 2.05) is 0 Å². The Morgan fingerprint density at radius 3 is 2.63 bits per heavy atom. The van der Waals surface area contributed by atoms with E-state index in [1.165, 1.54) is 7.05 Å². The molecule has 2 aliphatic rings. The summed E-state index contributed by atoms with van der Waals surface area (Å²) in [7, 11) is -0.542. The van der Waals surface area contributed by atoms with E-state index >= 15 is 0 Å². The third-order valence-corrected chi connectivity index (χ3v) is 7.55. The van der Waals surface area contributed by atoms with Gasteiger partial charge < -0.3 is 20.1 Å². The van der Waals surface area contributed by atoms with Crippen molar-refractivity contribution in [2.24, 2.45) is 7.05 Å². The molecule has 2 amide bonds. The van der Waals surface area contributed by atoms with Crippen molar-refractivity contribution >= 4 is 40.2 Å². The number of benzene rings is 1. The largest absolute Gasteiger partial charge is 0.479 e. The lowest BCUT2D eigenvalue weighted by molar-refractivity contribution is -0.160. The Hall–Kier alpha value is -4.73. The molecule has 2 unspecified atom stereocenters. The fourth-order valence-corrected chi connectivity index (χ4v) is 5.78. The van der Waals surface area contributed by atoms with Gasteiger partial charge in [-0.15, -0.1) is 5.10 Å². The van der Waals surface area contributed by atoms with Crippen LogP contribution in [0.3, 0.4) is 0 Å². The van der Waals surface area contributed by atoms with Crippen LogP contribution in [-0.2, 0) is 43.4 Å². The van der Waals surface area contributed by atoms with Gasteiger partial charge in [0.1, 0.15) is 24.3 Å². The van der Waals surface area contributed by atoms with Gasteiger partial charge in [0.25, 0.3) is 0 Å². The van der Waals surface area contributed by atoms with Gasteiger partial charge in [0.05, 0.1) is 17.2 Å². The first-order chi connectivity index (χ1) is 18.2. The van der Waals surface area contributed by atoms with Crippen LogP contribution in [0.15, 0.2) is 52.4 Å². The molecule has 2 N–H and O–H groups in total. The number of nitrogens with one attached hydrogen (secondary N) is 1. The molecule has 196 valence electrons. The van der Waals surface area contributed by atoms with E-state index in [4.69, 9.17) is 4.74 Å². The highest BCUT2D eigenvalue weighted by molar-refractivity contribution is 7.88. The third kappa shape index (κ3) is 4.23. The minimum absolute atomic E-state index is 0.0113. The second-order valence-electron chi connectivity index (χ2n) is 8.46. The Morgan fingerprint density at radius 2 is 1.92 bits per heavy atom. The molecule has 0 radical (unpaired) electrons. The van der Waals surface area contributed by atoms with E-state index < -0.39 is 64.3 Å². The first-order valence-electron chi connectivity index (χ1n) is 11.1. The number of ether oxygens (including phenoxy) is 1. The van der Waals surface area contributed by atoms with Crippen molar-refractivity contribution in [2.45, 2.75) is 23.9 Å². The average molecular weight is 542 g/mol. The number of carboxylic acids is 1. The van der Waals surface area contributed by atoms with Gasteiger partial charge in [-0.1, -0.05) is 35.5 Å². The first-order valence-corrected chi connectivity index (χ1v) is 12.4. The summed E-state index contributed by atoms with van der Waals surface area (Å²) < 4.78 is 20.0. The number of carboxylic acid groups (broad SMARTS) is 1. The summed E-state index contributed by atoms with van der Waals surface area (Å²) >= 11 is 0. The number of hydrogen-bond donors (Lipinski definition) is 2. The standard InChI is InChI=1S/C22H19N7O8S/c1-27-22(35)28-10-23-14(17(28)25-26-27)21(34)37-8-12-9-38(36)19-15(18(31)29(19)16(12)20(32)33)24-13(30)7-11-5-3-2-4-6-11/h2-6,9-10,15-16,19H,7-8H2,1H3,(H,24,30)(H,32,33)/t15-,16?,19-,38?/m1/s1. The van der Waals surface area contributed by atoms with Crippen LogP contribution >= 0.6 is 0 Å². The number of rotatable bonds is 7. The minimum atomic E-state index is -1.90. The molecule has 3 aromatic rings. The number of esters is 1. The zero-order valence-electron chi connectivity index (χ0n) is 19.6. The van der Waals surface area contributed by atoms with Gasteiger partial charge in [-0.05, 0) is 5.56 Å². The summed E-state index contributed by atoms with van der Waals surface area (Å²) in [4.78, 5) is 66.7. The van der Waals surface area contributed by atoms with Crippen molar-refractivity contribution in [3.63, 3.8) is 0 Å². The molecule has 0 saturated carbocycles. The highest BCUT2D eigenvalue weighted by atomic mass is 32.2. The number of aryl methyl sites for hydroxylation is 1. The second kappa shape index (κ2) is 9.62. The quantitative estimate of drug-likeness (QED) is 0.247. The zero-order chi connectivity index (χ0) is 27.1. The molecule has 1 fully saturated rings. The Bertz CT molecular complexity index is 1600. The zero-order valence-corrected chi connectivity index (χ0v) is 20.4. The monoisotopic (exact) mass is 541 g/mol. The maximum Gasteiger partial charge on any atom is 0.361 e. The molecule has 1 saturated heterocycles. The fourth-order valence-electron chi connectivity index (χ4n) is 4.24. The second-order valence-corrected chi connectivity index (χ2v) is 9.84. The number of carbonyl (C=O) groups is 4. The van der Waals surface area contributed by atoms with Crippen LogP contribution in [0.2, 0.25) is 0 Å². The third-order valence-electron chi connectivity index (χ3n) is 6.03. The molecule has 15 nitrogen and oxygen atoms in total. The SMILES string of the molecule is Cn1nnc2c(C(=O)OCC3=CS(=O)[C@@H]4[C@H](NC(=O)Cc5ccccc5)C(=O)N4C3C(=O)O)ncn2c1=O. The van der Waals surface area contributed by atoms with Crippen molar-refractivity contribution in [1.29, 1.82) is 0 Å². The molecule has 0 bridgehead atoms. The summed E-state index contributed by atoms with van der Waals surface area (Å²) in [5.74, 6) is -3.67. The van der Waals surface area contributed by atoms with Crippen molar-refractivity contribution in [2.75, 3.05) is 6.61 Å². The van der Waals surface area contributed by atoms with Gasteiger partial charge >= 0.3 is 17.6 Å². The highest BCUT2D eigenvalue weighted by Gasteiger charge is 2.58. The van der Waals surface area contributed by atoms with Crippen LogP contribution in [-0.4, -0.2) is 86.4 Å². The number of β-lactam (4-membered cyclic amide) rings is 1. The van der Waals surface area contributed by atoms with Crippen molar-refractivity contribution < 1.29 is 33.2 Å². The Morgan fingerprint density at radius 1 is 1.18 bits per heavy atom. The van der Waals surface area contributed by atoms with Crippen LogP contribution in [0.5, 0.6) is 0 Å². The summed E-state index contributed by atoms with van der Waals surface area (Å²) in [5.41, 5.74) is -0.499. The number of aromatic nitrogens is 5. The van der Waals surface area contributed by atoms with Gasteiger partial charge in [-0.2, -0.15) is 4.68 Å². The predicted octanol–water partition coefficient (Wildman–Crippen LogP) is -2.02. The summed E-state index contributed by atoms with van der Waals surface area (Å²) in [6.07, 6.45) is 1.05. The fraction of sp³-hybridized carbons (Fsp3) is 0.273. The number of imidazole rings is 1. The van der Waals surface area contributed by atoms with Gasteiger partial charge in [0.2, 0.25) is 11.8 Å². The van der Waals surface area contributed by atoms with Gasteiger partial charge in [-0.3, -0.25) is 13.8 Å². The Kier molecular flexibility index (Phi) is 6.31. The summed E-state index contributed by atoms with van der Waals surface area (Å²) in [6, 6.07) is 6.06. The van der Waals surface area contributed by atoms with E-state index in [0.29, 0.717) is 5.56 Å². The number of aliphatic carboxylic acids is 1. The lowest BCUT2D eigenvalue weighted by atomic mass is 9.98. The molecule has 16 heteroatoms. The summed E-state index contributed by atoms with van der Waals surface area (Å²) in [5, 5.41) is 19.7. The molecule has 38 heavy (non-hydrogen) atoms. The molecule has 4 atom stereocenters. The van der Waals surface area contributed by atoms with E-state index in [0.717, 1.165) is 25.7 Å². The lowest BCUT2D eigenvalue weighted by Gasteiger charge is -2.50. The average Bonchev–Trinajstić information content (AvgIpc) is 3.33. The van der Waals surface area contributed by atoms with Crippen LogP contribution in [0, 0.1) is 0 Å². The van der Waals surface area contributed by atoms with E-state index in [2.05, 4.69) is 20.6 Å². The van der Waals surface area contributed by atoms with Crippen molar-refractivity contribution in [1.82, 2.24) is 34.6 Å². The smallest absolute Gasteiger partial charge is 0.361 e. The lowest BCUT2D eigenvalue weighted by Crippen LogP contribution is -2.76. The van der Waals surface area contributed by atoms with Crippen molar-refractivity contribution in [3.05, 3.63) is 69.4 Å². The van der Waals surface area contributed by atoms with Gasteiger partial charge in [0.15, 0.2) is 17.4 Å². The molecule has 1 aromatic carbocycles. The number of fused-ring (bicyclic) bond motifs is 2. The summed E-state index contributed by atoms with van der Waals surface area (Å²) in [6.45, 7) is -0.625. The van der Waals surface area contributed by atoms with Crippen LogP contribution in [0.25, 0.3) is 5.65 Å². The molecular weight excluding hydrogens is 522 g/mol. The van der Waals surface area contributed by atoms with Gasteiger partial charge in [0, 0.05) is 18.0 Å². The maximum absolute atomic E-state index is 12.9. The van der Waals surface area contributed by atoms with E-state index in [1.54, 1.807) is 30.3 Å². The number of amides is 2.